The van der Waals surface area contributed by atoms with Crippen LogP contribution < -0.4 is 10.6 Å². The number of carbonyl (C=O) groups is 3. The quantitative estimate of drug-likeness (QED) is 0.623. The first kappa shape index (κ1) is 21.5. The Bertz CT molecular complexity index is 848. The van der Waals surface area contributed by atoms with Gasteiger partial charge in [0.05, 0.1) is 15.8 Å². The normalized spacial score (nSPS) is 15.1. The second-order valence-electron chi connectivity index (χ2n) is 7.06. The van der Waals surface area contributed by atoms with Crippen molar-refractivity contribution in [2.24, 2.45) is 0 Å². The first-order chi connectivity index (χ1) is 14.0. The molecular formula is C21H24ClN3O3S. The second-order valence-corrected chi connectivity index (χ2v) is 8.77. The van der Waals surface area contributed by atoms with Gasteiger partial charge in [-0.1, -0.05) is 29.8 Å². The van der Waals surface area contributed by atoms with Crippen molar-refractivity contribution < 1.29 is 14.4 Å². The molecule has 2 aromatic rings. The summed E-state index contributed by atoms with van der Waals surface area (Å²) in [5.74, 6) is -0.205. The number of halogens is 1. The first-order valence-electron chi connectivity index (χ1n) is 9.65. The number of Topliss-reactive ketones (excluding diaryl/α,β-unsaturated/α-hetero) is 1. The third kappa shape index (κ3) is 6.96. The van der Waals surface area contributed by atoms with E-state index in [9.17, 15) is 14.4 Å². The summed E-state index contributed by atoms with van der Waals surface area (Å²) >= 11 is 7.07. The molecular weight excluding hydrogens is 410 g/mol. The van der Waals surface area contributed by atoms with Gasteiger partial charge in [0.25, 0.3) is 0 Å². The van der Waals surface area contributed by atoms with E-state index in [1.807, 2.05) is 30.3 Å². The van der Waals surface area contributed by atoms with Crippen LogP contribution in [0, 0.1) is 0 Å². The van der Waals surface area contributed by atoms with Crippen LogP contribution >= 0.6 is 22.9 Å². The zero-order valence-electron chi connectivity index (χ0n) is 16.0. The summed E-state index contributed by atoms with van der Waals surface area (Å²) in [4.78, 5) is 39.0. The molecule has 0 atom stereocenters. The Hall–Kier alpha value is -2.22. The number of benzene rings is 1. The molecule has 2 amide bonds. The Morgan fingerprint density at radius 2 is 1.72 bits per heavy atom. The fraction of sp³-hybridized carbons (Fsp3) is 0.381. The van der Waals surface area contributed by atoms with E-state index in [1.165, 1.54) is 11.3 Å². The summed E-state index contributed by atoms with van der Waals surface area (Å²) in [6.45, 7) is 1.84. The number of nitrogens with zero attached hydrogens (tertiary/aromatic N) is 1. The molecule has 1 aromatic heterocycles. The molecule has 2 N–H and O–H groups in total. The van der Waals surface area contributed by atoms with Crippen molar-refractivity contribution in [3.05, 3.63) is 51.7 Å². The zero-order chi connectivity index (χ0) is 20.6. The second kappa shape index (κ2) is 10.5. The number of nitrogens with one attached hydrogen (secondary N) is 2. The van der Waals surface area contributed by atoms with Crippen LogP contribution in [-0.4, -0.2) is 48.2 Å². The highest BCUT2D eigenvalue weighted by Gasteiger charge is 2.22. The van der Waals surface area contributed by atoms with E-state index in [4.69, 9.17) is 11.6 Å². The van der Waals surface area contributed by atoms with E-state index in [0.717, 1.165) is 31.6 Å². The largest absolute Gasteiger partial charge is 0.353 e. The minimum atomic E-state index is -0.110. The molecule has 0 bridgehead atoms. The van der Waals surface area contributed by atoms with Crippen molar-refractivity contribution in [2.75, 3.05) is 25.0 Å². The molecule has 29 heavy (non-hydrogen) atoms. The number of piperidine rings is 1. The van der Waals surface area contributed by atoms with Crippen LogP contribution in [-0.2, 0) is 9.59 Å². The number of hydrogen-bond acceptors (Lipinski definition) is 5. The van der Waals surface area contributed by atoms with Crippen LogP contribution in [0.1, 0.15) is 35.4 Å². The summed E-state index contributed by atoms with van der Waals surface area (Å²) in [6, 6.07) is 12.9. The summed E-state index contributed by atoms with van der Waals surface area (Å²) < 4.78 is 0.571. The smallest absolute Gasteiger partial charge is 0.238 e. The van der Waals surface area contributed by atoms with Crippen molar-refractivity contribution in [3.63, 3.8) is 0 Å². The highest BCUT2D eigenvalue weighted by atomic mass is 35.5. The number of para-hydroxylation sites is 1. The van der Waals surface area contributed by atoms with Crippen LogP contribution in [0.15, 0.2) is 42.5 Å². The van der Waals surface area contributed by atoms with Gasteiger partial charge in [-0.2, -0.15) is 0 Å². The lowest BCUT2D eigenvalue weighted by atomic mass is 10.0. The van der Waals surface area contributed by atoms with Crippen LogP contribution in [0.5, 0.6) is 0 Å². The standard InChI is InChI=1S/C21H24ClN3O3S/c22-19-8-7-18(29-19)17(26)6-9-20(27)23-16-10-12-25(13-11-16)14-21(28)24-15-4-2-1-3-5-15/h1-5,7-8,16H,6,9-14H2,(H,23,27)(H,24,28). The summed E-state index contributed by atoms with van der Waals surface area (Å²) in [5, 5.41) is 5.89. The molecule has 1 aromatic carbocycles. The number of thiophene rings is 1. The van der Waals surface area contributed by atoms with Crippen molar-refractivity contribution in [1.29, 1.82) is 0 Å². The Morgan fingerprint density at radius 3 is 2.38 bits per heavy atom. The first-order valence-corrected chi connectivity index (χ1v) is 10.8. The van der Waals surface area contributed by atoms with Gasteiger partial charge in [-0.05, 0) is 37.1 Å². The fourth-order valence-corrected chi connectivity index (χ4v) is 4.29. The molecule has 154 valence electrons. The number of carbonyl (C=O) groups excluding carboxylic acids is 3. The van der Waals surface area contributed by atoms with Crippen molar-refractivity contribution >= 4 is 46.2 Å². The van der Waals surface area contributed by atoms with E-state index in [2.05, 4.69) is 15.5 Å². The molecule has 1 saturated heterocycles. The minimum Gasteiger partial charge on any atom is -0.353 e. The van der Waals surface area contributed by atoms with E-state index >= 15 is 0 Å². The molecule has 0 unspecified atom stereocenters. The van der Waals surface area contributed by atoms with Crippen molar-refractivity contribution in [3.8, 4) is 0 Å². The number of hydrogen-bond donors (Lipinski definition) is 2. The maximum Gasteiger partial charge on any atom is 0.238 e. The minimum absolute atomic E-state index is 0.0362. The molecule has 0 saturated carbocycles. The van der Waals surface area contributed by atoms with Crippen LogP contribution in [0.2, 0.25) is 4.34 Å². The lowest BCUT2D eigenvalue weighted by Crippen LogP contribution is -2.46. The Labute approximate surface area is 179 Å². The molecule has 1 aliphatic heterocycles. The van der Waals surface area contributed by atoms with Gasteiger partial charge in [-0.15, -0.1) is 11.3 Å². The predicted molar refractivity (Wildman–Crippen MR) is 116 cm³/mol. The molecule has 0 aliphatic carbocycles. The van der Waals surface area contributed by atoms with Gasteiger partial charge in [0.2, 0.25) is 11.8 Å². The number of ketones is 1. The molecule has 8 heteroatoms. The molecule has 0 spiro atoms. The summed E-state index contributed by atoms with van der Waals surface area (Å²) in [5.41, 5.74) is 0.791. The van der Waals surface area contributed by atoms with Gasteiger partial charge in [0, 0.05) is 37.7 Å². The van der Waals surface area contributed by atoms with Gasteiger partial charge < -0.3 is 10.6 Å². The Morgan fingerprint density at radius 1 is 1.00 bits per heavy atom. The zero-order valence-corrected chi connectivity index (χ0v) is 17.6. The number of likely N-dealkylation sites (tertiary alicyclic amines) is 1. The molecule has 6 nitrogen and oxygen atoms in total. The maximum atomic E-state index is 12.2. The average molecular weight is 434 g/mol. The molecule has 3 rings (SSSR count). The van der Waals surface area contributed by atoms with Crippen LogP contribution in [0.4, 0.5) is 5.69 Å². The van der Waals surface area contributed by atoms with Crippen LogP contribution in [0.3, 0.4) is 0 Å². The maximum absolute atomic E-state index is 12.2. The number of amides is 2. The van der Waals surface area contributed by atoms with E-state index in [1.54, 1.807) is 12.1 Å². The Kier molecular flexibility index (Phi) is 7.80. The fourth-order valence-electron chi connectivity index (χ4n) is 3.27. The molecule has 1 aliphatic rings. The number of anilines is 1. The average Bonchev–Trinajstić information content (AvgIpc) is 3.15. The van der Waals surface area contributed by atoms with E-state index in [-0.39, 0.29) is 36.5 Å². The third-order valence-corrected chi connectivity index (χ3v) is 6.08. The van der Waals surface area contributed by atoms with Gasteiger partial charge in [-0.3, -0.25) is 19.3 Å². The summed E-state index contributed by atoms with van der Waals surface area (Å²) in [6.07, 6.45) is 1.94. The van der Waals surface area contributed by atoms with Crippen molar-refractivity contribution in [1.82, 2.24) is 10.2 Å². The highest BCUT2D eigenvalue weighted by molar-refractivity contribution is 7.18. The molecule has 0 radical (unpaired) electrons. The lowest BCUT2D eigenvalue weighted by Gasteiger charge is -2.31. The van der Waals surface area contributed by atoms with E-state index < -0.39 is 0 Å². The van der Waals surface area contributed by atoms with Crippen LogP contribution in [0.25, 0.3) is 0 Å². The number of rotatable bonds is 8. The monoisotopic (exact) mass is 433 g/mol. The Balaban J connectivity index is 1.33. The van der Waals surface area contributed by atoms with Gasteiger partial charge in [0.1, 0.15) is 0 Å². The summed E-state index contributed by atoms with van der Waals surface area (Å²) in [7, 11) is 0. The highest BCUT2D eigenvalue weighted by Crippen LogP contribution is 2.23. The van der Waals surface area contributed by atoms with Crippen molar-refractivity contribution in [2.45, 2.75) is 31.7 Å². The lowest BCUT2D eigenvalue weighted by molar-refractivity contribution is -0.122. The molecule has 1 fully saturated rings. The van der Waals surface area contributed by atoms with Gasteiger partial charge >= 0.3 is 0 Å². The topological polar surface area (TPSA) is 78.5 Å². The SMILES string of the molecule is O=C(CN1CCC(NC(=O)CCC(=O)c2ccc(Cl)s2)CC1)Nc1ccccc1. The third-order valence-electron chi connectivity index (χ3n) is 4.80. The molecule has 2 heterocycles. The van der Waals surface area contributed by atoms with E-state index in [0.29, 0.717) is 15.8 Å². The van der Waals surface area contributed by atoms with Gasteiger partial charge in [0.15, 0.2) is 5.78 Å². The predicted octanol–water partition coefficient (Wildman–Crippen LogP) is 3.58. The van der Waals surface area contributed by atoms with Gasteiger partial charge in [-0.25, -0.2) is 0 Å².